The van der Waals surface area contributed by atoms with Crippen LogP contribution in [0.25, 0.3) is 49.9 Å². The van der Waals surface area contributed by atoms with E-state index in [1.54, 1.807) is 12.5 Å². The van der Waals surface area contributed by atoms with Crippen LogP contribution < -0.4 is 0 Å². The highest BCUT2D eigenvalue weighted by molar-refractivity contribution is 6.03. The highest BCUT2D eigenvalue weighted by Crippen LogP contribution is 2.29. The lowest BCUT2D eigenvalue weighted by molar-refractivity contribution is 1.10. The van der Waals surface area contributed by atoms with Crippen molar-refractivity contribution >= 4 is 33.0 Å². The predicted octanol–water partition coefficient (Wildman–Crippen LogP) is 4.82. The van der Waals surface area contributed by atoms with Gasteiger partial charge in [-0.2, -0.15) is 0 Å². The molecule has 138 valence electrons. The topological polar surface area (TPSA) is 72.3 Å². The van der Waals surface area contributed by atoms with Gasteiger partial charge in [0.15, 0.2) is 0 Å². The summed E-state index contributed by atoms with van der Waals surface area (Å²) in [4.78, 5) is 21.3. The summed E-state index contributed by atoms with van der Waals surface area (Å²) in [6.45, 7) is 2.09. The van der Waals surface area contributed by atoms with E-state index in [0.717, 1.165) is 49.9 Å². The fraction of sp³-hybridized carbons (Fsp3) is 0.0435. The minimum Gasteiger partial charge on any atom is -0.345 e. The van der Waals surface area contributed by atoms with Gasteiger partial charge in [0, 0.05) is 16.6 Å². The van der Waals surface area contributed by atoms with Crippen molar-refractivity contribution < 1.29 is 0 Å². The normalized spacial score (nSPS) is 11.6. The molecule has 0 saturated carbocycles. The Morgan fingerprint density at radius 3 is 2.69 bits per heavy atom. The lowest BCUT2D eigenvalue weighted by atomic mass is 10.1. The molecule has 0 unspecified atom stereocenters. The van der Waals surface area contributed by atoms with Crippen LogP contribution in [0.4, 0.5) is 0 Å². The van der Waals surface area contributed by atoms with E-state index < -0.39 is 0 Å². The van der Waals surface area contributed by atoms with Gasteiger partial charge in [0.2, 0.25) is 0 Å². The molecule has 0 spiro atoms. The lowest BCUT2D eigenvalue weighted by Gasteiger charge is -2.08. The molecule has 0 amide bonds. The summed E-state index contributed by atoms with van der Waals surface area (Å²) in [5.41, 5.74) is 8.89. The van der Waals surface area contributed by atoms with Gasteiger partial charge in [-0.25, -0.2) is 9.97 Å². The first-order valence-electron chi connectivity index (χ1n) is 9.39. The SMILES string of the molecule is Cc1cccc(-c2cc3c(cn2)ncc2ncn(-c4ccc5nc[nH]c5c4)c23)c1. The third-order valence-corrected chi connectivity index (χ3v) is 5.26. The van der Waals surface area contributed by atoms with Gasteiger partial charge in [-0.15, -0.1) is 0 Å². The Hall–Kier alpha value is -4.06. The Kier molecular flexibility index (Phi) is 3.28. The van der Waals surface area contributed by atoms with Gasteiger partial charge >= 0.3 is 0 Å². The number of hydrogen-bond donors (Lipinski definition) is 1. The molecule has 0 aliphatic rings. The molecule has 0 saturated heterocycles. The quantitative estimate of drug-likeness (QED) is 0.470. The van der Waals surface area contributed by atoms with E-state index in [2.05, 4.69) is 78.9 Å². The van der Waals surface area contributed by atoms with Crippen LogP contribution in [-0.4, -0.2) is 29.5 Å². The van der Waals surface area contributed by atoms with Gasteiger partial charge in [-0.3, -0.25) is 14.5 Å². The van der Waals surface area contributed by atoms with Gasteiger partial charge in [0.25, 0.3) is 0 Å². The molecule has 0 aliphatic carbocycles. The van der Waals surface area contributed by atoms with Crippen LogP contribution in [0.3, 0.4) is 0 Å². The Morgan fingerprint density at radius 2 is 1.76 bits per heavy atom. The van der Waals surface area contributed by atoms with Gasteiger partial charge in [0.1, 0.15) is 11.8 Å². The highest BCUT2D eigenvalue weighted by Gasteiger charge is 2.12. The Balaban J connectivity index is 1.63. The van der Waals surface area contributed by atoms with E-state index in [4.69, 9.17) is 0 Å². The summed E-state index contributed by atoms with van der Waals surface area (Å²) >= 11 is 0. The van der Waals surface area contributed by atoms with Crippen molar-refractivity contribution in [3.05, 3.63) is 79.1 Å². The average Bonchev–Trinajstić information content (AvgIpc) is 3.39. The molecule has 6 heteroatoms. The van der Waals surface area contributed by atoms with Crippen molar-refractivity contribution in [2.45, 2.75) is 6.92 Å². The van der Waals surface area contributed by atoms with Crippen LogP contribution in [0.2, 0.25) is 0 Å². The molecule has 6 rings (SSSR count). The molecule has 0 bridgehead atoms. The smallest absolute Gasteiger partial charge is 0.108 e. The van der Waals surface area contributed by atoms with Crippen LogP contribution in [0.1, 0.15) is 5.56 Å². The summed E-state index contributed by atoms with van der Waals surface area (Å²) in [5.74, 6) is 0. The minimum atomic E-state index is 0.846. The zero-order chi connectivity index (χ0) is 19.4. The Morgan fingerprint density at radius 1 is 0.828 bits per heavy atom. The Labute approximate surface area is 165 Å². The monoisotopic (exact) mass is 376 g/mol. The number of nitrogens with one attached hydrogen (secondary N) is 1. The van der Waals surface area contributed by atoms with Crippen molar-refractivity contribution in [2.75, 3.05) is 0 Å². The number of nitrogens with zero attached hydrogens (tertiary/aromatic N) is 5. The van der Waals surface area contributed by atoms with E-state index in [-0.39, 0.29) is 0 Å². The molecule has 6 aromatic rings. The molecule has 0 aliphatic heterocycles. The zero-order valence-corrected chi connectivity index (χ0v) is 15.7. The molecular formula is C23H16N6. The van der Waals surface area contributed by atoms with Gasteiger partial charge in [-0.05, 0) is 37.3 Å². The second kappa shape index (κ2) is 5.97. The maximum Gasteiger partial charge on any atom is 0.108 e. The number of hydrogen-bond acceptors (Lipinski definition) is 4. The number of benzene rings is 2. The summed E-state index contributed by atoms with van der Waals surface area (Å²) in [6.07, 6.45) is 7.19. The predicted molar refractivity (Wildman–Crippen MR) is 114 cm³/mol. The van der Waals surface area contributed by atoms with Crippen LogP contribution in [0, 0.1) is 6.92 Å². The molecule has 0 atom stereocenters. The first kappa shape index (κ1) is 15.9. The summed E-state index contributed by atoms with van der Waals surface area (Å²) < 4.78 is 2.10. The third-order valence-electron chi connectivity index (χ3n) is 5.26. The fourth-order valence-electron chi connectivity index (χ4n) is 3.83. The van der Waals surface area contributed by atoms with Crippen molar-refractivity contribution in [3.8, 4) is 16.9 Å². The average molecular weight is 376 g/mol. The number of aryl methyl sites for hydroxylation is 1. The van der Waals surface area contributed by atoms with Crippen molar-refractivity contribution in [1.82, 2.24) is 29.5 Å². The van der Waals surface area contributed by atoms with E-state index in [9.17, 15) is 0 Å². The van der Waals surface area contributed by atoms with Crippen molar-refractivity contribution in [3.63, 3.8) is 0 Å². The van der Waals surface area contributed by atoms with E-state index in [1.807, 2.05) is 18.6 Å². The molecule has 4 heterocycles. The van der Waals surface area contributed by atoms with Crippen LogP contribution in [0.5, 0.6) is 0 Å². The van der Waals surface area contributed by atoms with Gasteiger partial charge < -0.3 is 4.98 Å². The van der Waals surface area contributed by atoms with Crippen LogP contribution in [0.15, 0.2) is 73.6 Å². The number of H-pyrrole nitrogens is 1. The lowest BCUT2D eigenvalue weighted by Crippen LogP contribution is -1.94. The minimum absolute atomic E-state index is 0.846. The number of aromatic nitrogens is 6. The molecule has 1 N–H and O–H groups in total. The van der Waals surface area contributed by atoms with Crippen molar-refractivity contribution in [1.29, 1.82) is 0 Å². The number of fused-ring (bicyclic) bond motifs is 4. The first-order valence-corrected chi connectivity index (χ1v) is 9.39. The number of aromatic amines is 1. The standard InChI is InChI=1S/C23H16N6/c1-14-3-2-4-15(7-14)19-9-17-21(10-24-19)25-11-22-23(17)29(13-28-22)16-5-6-18-20(8-16)27-12-26-18/h2-13H,1H3,(H,26,27). The molecular weight excluding hydrogens is 360 g/mol. The summed E-state index contributed by atoms with van der Waals surface area (Å²) in [7, 11) is 0. The largest absolute Gasteiger partial charge is 0.345 e. The van der Waals surface area contributed by atoms with Crippen molar-refractivity contribution in [2.24, 2.45) is 0 Å². The number of rotatable bonds is 2. The molecule has 0 fully saturated rings. The van der Waals surface area contributed by atoms with E-state index in [1.165, 1.54) is 5.56 Å². The molecule has 0 radical (unpaired) electrons. The van der Waals surface area contributed by atoms with Gasteiger partial charge in [0.05, 0.1) is 46.5 Å². The summed E-state index contributed by atoms with van der Waals surface area (Å²) in [5, 5.41) is 1.02. The van der Waals surface area contributed by atoms with E-state index >= 15 is 0 Å². The number of pyridine rings is 2. The van der Waals surface area contributed by atoms with Crippen LogP contribution in [-0.2, 0) is 0 Å². The second-order valence-electron chi connectivity index (χ2n) is 7.17. The molecule has 6 nitrogen and oxygen atoms in total. The van der Waals surface area contributed by atoms with E-state index in [0.29, 0.717) is 0 Å². The molecule has 29 heavy (non-hydrogen) atoms. The molecule has 4 aromatic heterocycles. The maximum absolute atomic E-state index is 4.64. The fourth-order valence-corrected chi connectivity index (χ4v) is 3.83. The third kappa shape index (κ3) is 2.50. The first-order chi connectivity index (χ1) is 14.3. The zero-order valence-electron chi connectivity index (χ0n) is 15.7. The van der Waals surface area contributed by atoms with Gasteiger partial charge in [-0.1, -0.05) is 23.8 Å². The second-order valence-corrected chi connectivity index (χ2v) is 7.17. The maximum atomic E-state index is 4.64. The summed E-state index contributed by atoms with van der Waals surface area (Å²) in [6, 6.07) is 16.6. The molecule has 2 aromatic carbocycles. The van der Waals surface area contributed by atoms with Crippen LogP contribution >= 0.6 is 0 Å². The number of imidazole rings is 2. The highest BCUT2D eigenvalue weighted by atomic mass is 15.1. The Bertz CT molecular complexity index is 1530.